The van der Waals surface area contributed by atoms with Gasteiger partial charge in [0.05, 0.1) is 27.8 Å². The molecule has 39 heavy (non-hydrogen) atoms. The summed E-state index contributed by atoms with van der Waals surface area (Å²) in [5, 5.41) is 4.49. The second-order valence-corrected chi connectivity index (χ2v) is 10.7. The third-order valence-electron chi connectivity index (χ3n) is 7.80. The number of benzene rings is 3. The number of aromatic nitrogens is 6. The molecule has 3 aromatic carbocycles. The van der Waals surface area contributed by atoms with Gasteiger partial charge < -0.3 is 0 Å². The van der Waals surface area contributed by atoms with E-state index in [0.717, 1.165) is 50.5 Å². The molecule has 0 radical (unpaired) electrons. The fraction of sp³-hybridized carbons (Fsp3) is 0.182. The molecule has 6 heteroatoms. The van der Waals surface area contributed by atoms with Gasteiger partial charge in [-0.3, -0.25) is 8.97 Å². The predicted molar refractivity (Wildman–Crippen MR) is 158 cm³/mol. The van der Waals surface area contributed by atoms with Crippen LogP contribution < -0.4 is 0 Å². The number of hydrogen-bond acceptors (Lipinski definition) is 3. The molecule has 0 atom stereocenters. The molecular weight excluding hydrogens is 480 g/mol. The van der Waals surface area contributed by atoms with Crippen LogP contribution in [-0.4, -0.2) is 28.7 Å². The lowest BCUT2D eigenvalue weighted by atomic mass is 9.97. The highest BCUT2D eigenvalue weighted by Gasteiger charge is 2.20. The molecule has 0 aliphatic heterocycles. The summed E-state index contributed by atoms with van der Waals surface area (Å²) in [5.74, 6) is 2.15. The zero-order chi connectivity index (χ0) is 26.8. The van der Waals surface area contributed by atoms with Gasteiger partial charge in [0.15, 0.2) is 0 Å². The molecule has 0 fully saturated rings. The third-order valence-corrected chi connectivity index (χ3v) is 7.80. The van der Waals surface area contributed by atoms with E-state index in [0.29, 0.717) is 5.92 Å². The molecule has 0 saturated carbocycles. The Labute approximate surface area is 227 Å². The smallest absolute Gasteiger partial charge is 0.221 e. The quantitative estimate of drug-likeness (QED) is 0.243. The van der Waals surface area contributed by atoms with Crippen molar-refractivity contribution in [1.82, 2.24) is 28.7 Å². The minimum absolute atomic E-state index is 0.400. The minimum atomic E-state index is 0.400. The molecule has 4 aromatic heterocycles. The molecule has 7 rings (SSSR count). The van der Waals surface area contributed by atoms with Crippen molar-refractivity contribution in [2.45, 2.75) is 40.5 Å². The number of pyridine rings is 1. The minimum Gasteiger partial charge on any atom is -0.276 e. The van der Waals surface area contributed by atoms with Crippen LogP contribution in [0.1, 0.15) is 42.0 Å². The fourth-order valence-corrected chi connectivity index (χ4v) is 5.73. The van der Waals surface area contributed by atoms with Crippen molar-refractivity contribution in [3.05, 3.63) is 108 Å². The monoisotopic (exact) mass is 510 g/mol. The maximum Gasteiger partial charge on any atom is 0.221 e. The van der Waals surface area contributed by atoms with Crippen molar-refractivity contribution in [2.75, 3.05) is 0 Å². The van der Waals surface area contributed by atoms with Gasteiger partial charge in [0.2, 0.25) is 5.78 Å². The van der Waals surface area contributed by atoms with Gasteiger partial charge in [0, 0.05) is 18.6 Å². The van der Waals surface area contributed by atoms with E-state index < -0.39 is 0 Å². The van der Waals surface area contributed by atoms with E-state index in [1.54, 1.807) is 0 Å². The van der Waals surface area contributed by atoms with E-state index >= 15 is 0 Å². The first-order valence-electron chi connectivity index (χ1n) is 13.4. The lowest BCUT2D eigenvalue weighted by molar-refractivity contribution is 0.857. The van der Waals surface area contributed by atoms with Gasteiger partial charge in [-0.25, -0.2) is 14.6 Å². The van der Waals surface area contributed by atoms with Gasteiger partial charge in [-0.15, -0.1) is 0 Å². The maximum absolute atomic E-state index is 5.16. The molecule has 6 nitrogen and oxygen atoms in total. The normalized spacial score (nSPS) is 11.9. The second kappa shape index (κ2) is 8.67. The number of aryl methyl sites for hydroxylation is 3. The van der Waals surface area contributed by atoms with Crippen LogP contribution in [0, 0.1) is 20.8 Å². The van der Waals surface area contributed by atoms with E-state index in [9.17, 15) is 0 Å². The molecule has 7 aromatic rings. The van der Waals surface area contributed by atoms with Gasteiger partial charge in [-0.1, -0.05) is 38.1 Å². The molecular formula is C33H30N6. The molecule has 0 aliphatic rings. The highest BCUT2D eigenvalue weighted by atomic mass is 15.3. The lowest BCUT2D eigenvalue weighted by Gasteiger charge is -2.14. The Bertz CT molecular complexity index is 2020. The summed E-state index contributed by atoms with van der Waals surface area (Å²) in [5.41, 5.74) is 12.6. The standard InChI is InChI=1S/C33H30N6/c1-20(2)24-12-14-34-31(18-24)39-30-17-25(26-19-29(23(5)16-22(26)4)37-15-7-13-35-37)10-11-27(30)38-28-9-6-8-21(3)32(28)36-33(38)39/h6-20H,1-5H3. The molecule has 0 aliphatic carbocycles. The Morgan fingerprint density at radius 3 is 2.41 bits per heavy atom. The van der Waals surface area contributed by atoms with Crippen molar-refractivity contribution in [1.29, 1.82) is 0 Å². The summed E-state index contributed by atoms with van der Waals surface area (Å²) in [6.45, 7) is 10.9. The summed E-state index contributed by atoms with van der Waals surface area (Å²) < 4.78 is 6.41. The number of nitrogens with zero attached hydrogens (tertiary/aromatic N) is 6. The third kappa shape index (κ3) is 3.59. The average molecular weight is 511 g/mol. The van der Waals surface area contributed by atoms with Crippen LogP contribution >= 0.6 is 0 Å². The molecule has 192 valence electrons. The van der Waals surface area contributed by atoms with Crippen LogP contribution in [-0.2, 0) is 0 Å². The molecule has 0 N–H and O–H groups in total. The zero-order valence-corrected chi connectivity index (χ0v) is 22.8. The van der Waals surface area contributed by atoms with Gasteiger partial charge in [-0.05, 0) is 103 Å². The lowest BCUT2D eigenvalue weighted by Crippen LogP contribution is -2.01. The summed E-state index contributed by atoms with van der Waals surface area (Å²) >= 11 is 0. The van der Waals surface area contributed by atoms with Crippen LogP contribution in [0.25, 0.3) is 50.5 Å². The fourth-order valence-electron chi connectivity index (χ4n) is 5.73. The first kappa shape index (κ1) is 23.4. The highest BCUT2D eigenvalue weighted by molar-refractivity contribution is 5.95. The Kier molecular flexibility index (Phi) is 5.20. The summed E-state index contributed by atoms with van der Waals surface area (Å²) in [6, 6.07) is 23.8. The van der Waals surface area contributed by atoms with Crippen molar-refractivity contribution in [2.24, 2.45) is 0 Å². The predicted octanol–water partition coefficient (Wildman–Crippen LogP) is 7.73. The molecule has 0 spiro atoms. The Hall–Kier alpha value is -4.71. The topological polar surface area (TPSA) is 52.9 Å². The summed E-state index contributed by atoms with van der Waals surface area (Å²) in [4.78, 5) is 9.99. The maximum atomic E-state index is 5.16. The van der Waals surface area contributed by atoms with Crippen LogP contribution in [0.5, 0.6) is 0 Å². The number of imidazole rings is 2. The van der Waals surface area contributed by atoms with Crippen molar-refractivity contribution in [3.8, 4) is 22.6 Å². The summed E-state index contributed by atoms with van der Waals surface area (Å²) in [6.07, 6.45) is 5.72. The molecule has 4 heterocycles. The van der Waals surface area contributed by atoms with Crippen LogP contribution in [0.2, 0.25) is 0 Å². The number of hydrogen-bond donors (Lipinski definition) is 0. The zero-order valence-electron chi connectivity index (χ0n) is 22.8. The van der Waals surface area contributed by atoms with Crippen molar-refractivity contribution < 1.29 is 0 Å². The van der Waals surface area contributed by atoms with E-state index in [4.69, 9.17) is 9.97 Å². The van der Waals surface area contributed by atoms with Gasteiger partial charge >= 0.3 is 0 Å². The van der Waals surface area contributed by atoms with E-state index in [1.165, 1.54) is 22.3 Å². The largest absolute Gasteiger partial charge is 0.276 e. The molecule has 0 bridgehead atoms. The molecule has 0 amide bonds. The van der Waals surface area contributed by atoms with Crippen LogP contribution in [0.4, 0.5) is 0 Å². The van der Waals surface area contributed by atoms with Crippen molar-refractivity contribution >= 4 is 27.8 Å². The Morgan fingerprint density at radius 1 is 0.744 bits per heavy atom. The number of para-hydroxylation sites is 1. The Morgan fingerprint density at radius 2 is 1.62 bits per heavy atom. The van der Waals surface area contributed by atoms with Gasteiger partial charge in [0.25, 0.3) is 0 Å². The molecule has 0 unspecified atom stereocenters. The second-order valence-electron chi connectivity index (χ2n) is 10.7. The SMILES string of the molecule is Cc1cc(C)c(-n2cccn2)cc1-c1ccc2c(c1)n(-c1cc(C(C)C)ccn1)c1nc3c(C)cccc3n21. The summed E-state index contributed by atoms with van der Waals surface area (Å²) in [7, 11) is 0. The average Bonchev–Trinajstić information content (AvgIpc) is 3.65. The van der Waals surface area contributed by atoms with Gasteiger partial charge in [-0.2, -0.15) is 5.10 Å². The van der Waals surface area contributed by atoms with Crippen LogP contribution in [0.15, 0.2) is 85.3 Å². The first-order chi connectivity index (χ1) is 18.9. The van der Waals surface area contributed by atoms with E-state index in [2.05, 4.69) is 109 Å². The first-order valence-corrected chi connectivity index (χ1v) is 13.4. The van der Waals surface area contributed by atoms with E-state index in [-0.39, 0.29) is 0 Å². The van der Waals surface area contributed by atoms with Gasteiger partial charge in [0.1, 0.15) is 5.82 Å². The highest BCUT2D eigenvalue weighted by Crippen LogP contribution is 2.35. The van der Waals surface area contributed by atoms with Crippen molar-refractivity contribution in [3.63, 3.8) is 0 Å². The number of rotatable bonds is 4. The molecule has 0 saturated heterocycles. The Balaban J connectivity index is 1.54. The van der Waals surface area contributed by atoms with E-state index in [1.807, 2.05) is 29.3 Å². The van der Waals surface area contributed by atoms with Crippen LogP contribution in [0.3, 0.4) is 0 Å². The number of fused-ring (bicyclic) bond motifs is 5.